The van der Waals surface area contributed by atoms with Crippen LogP contribution in [0, 0.1) is 17.8 Å². The number of rotatable bonds is 9. The van der Waals surface area contributed by atoms with Crippen molar-refractivity contribution in [2.24, 2.45) is 17.8 Å². The van der Waals surface area contributed by atoms with Gasteiger partial charge < -0.3 is 10.4 Å². The van der Waals surface area contributed by atoms with Gasteiger partial charge in [0, 0.05) is 12.1 Å². The van der Waals surface area contributed by atoms with Gasteiger partial charge in [-0.3, -0.25) is 4.79 Å². The summed E-state index contributed by atoms with van der Waals surface area (Å²) in [5.74, 6) is 0.344. The lowest BCUT2D eigenvalue weighted by Gasteiger charge is -2.31. The Labute approximate surface area is 123 Å². The summed E-state index contributed by atoms with van der Waals surface area (Å²) in [4.78, 5) is 11.5. The summed E-state index contributed by atoms with van der Waals surface area (Å²) in [6.07, 6.45) is 11.2. The molecule has 20 heavy (non-hydrogen) atoms. The molecule has 116 valence electrons. The van der Waals surface area contributed by atoms with Crippen LogP contribution in [0.25, 0.3) is 0 Å². The number of carbonyl (C=O) groups is 1. The number of aliphatic carboxylic acids is 1. The van der Waals surface area contributed by atoms with E-state index in [9.17, 15) is 9.90 Å². The highest BCUT2D eigenvalue weighted by molar-refractivity contribution is 5.72. The van der Waals surface area contributed by atoms with E-state index >= 15 is 0 Å². The minimum Gasteiger partial charge on any atom is -0.481 e. The van der Waals surface area contributed by atoms with Crippen LogP contribution in [0.5, 0.6) is 0 Å². The van der Waals surface area contributed by atoms with Crippen molar-refractivity contribution in [2.75, 3.05) is 0 Å². The fourth-order valence-corrected chi connectivity index (χ4v) is 4.35. The predicted molar refractivity (Wildman–Crippen MR) is 81.7 cm³/mol. The highest BCUT2D eigenvalue weighted by Gasteiger charge is 2.51. The van der Waals surface area contributed by atoms with Gasteiger partial charge in [-0.05, 0) is 44.4 Å². The Kier molecular flexibility index (Phi) is 5.88. The lowest BCUT2D eigenvalue weighted by molar-refractivity contribution is -0.144. The molecular weight excluding hydrogens is 250 g/mol. The fourth-order valence-electron chi connectivity index (χ4n) is 4.35. The summed E-state index contributed by atoms with van der Waals surface area (Å²) >= 11 is 0. The van der Waals surface area contributed by atoms with Gasteiger partial charge in [-0.15, -0.1) is 0 Å². The summed E-state index contributed by atoms with van der Waals surface area (Å²) in [6.45, 7) is 4.47. The van der Waals surface area contributed by atoms with Crippen LogP contribution in [0.2, 0.25) is 0 Å². The molecule has 0 aromatic carbocycles. The number of unbranched alkanes of at least 4 members (excludes halogenated alkanes) is 4. The summed E-state index contributed by atoms with van der Waals surface area (Å²) in [7, 11) is 0. The summed E-state index contributed by atoms with van der Waals surface area (Å²) in [5.41, 5.74) is 0. The van der Waals surface area contributed by atoms with Gasteiger partial charge in [0.1, 0.15) is 0 Å². The molecule has 0 aromatic heterocycles. The molecule has 0 amide bonds. The van der Waals surface area contributed by atoms with Crippen LogP contribution in [0.1, 0.15) is 71.6 Å². The maximum atomic E-state index is 11.5. The first-order valence-corrected chi connectivity index (χ1v) is 8.62. The smallest absolute Gasteiger partial charge is 0.308 e. The first kappa shape index (κ1) is 15.8. The first-order chi connectivity index (χ1) is 9.63. The Balaban J connectivity index is 1.73. The third-order valence-corrected chi connectivity index (χ3v) is 5.42. The van der Waals surface area contributed by atoms with Gasteiger partial charge >= 0.3 is 5.97 Å². The van der Waals surface area contributed by atoms with Crippen LogP contribution in [0.15, 0.2) is 0 Å². The second kappa shape index (κ2) is 7.44. The van der Waals surface area contributed by atoms with Crippen molar-refractivity contribution in [1.29, 1.82) is 0 Å². The molecule has 2 bridgehead atoms. The molecule has 2 N–H and O–H groups in total. The van der Waals surface area contributed by atoms with Gasteiger partial charge in [-0.25, -0.2) is 0 Å². The van der Waals surface area contributed by atoms with Gasteiger partial charge in [0.05, 0.1) is 5.92 Å². The molecule has 3 nitrogen and oxygen atoms in total. The number of carboxylic acids is 1. The number of carboxylic acid groups (broad SMARTS) is 1. The third-order valence-electron chi connectivity index (χ3n) is 5.42. The van der Waals surface area contributed by atoms with E-state index in [1.54, 1.807) is 0 Å². The minimum absolute atomic E-state index is 0.128. The van der Waals surface area contributed by atoms with Crippen LogP contribution in [-0.4, -0.2) is 23.2 Å². The van der Waals surface area contributed by atoms with Crippen molar-refractivity contribution in [3.05, 3.63) is 0 Å². The number of hydrogen-bond acceptors (Lipinski definition) is 2. The second-order valence-electron chi connectivity index (χ2n) is 6.99. The van der Waals surface area contributed by atoms with Gasteiger partial charge in [0.15, 0.2) is 0 Å². The zero-order valence-corrected chi connectivity index (χ0v) is 13.1. The minimum atomic E-state index is -0.579. The maximum Gasteiger partial charge on any atom is 0.308 e. The topological polar surface area (TPSA) is 49.3 Å². The lowest BCUT2D eigenvalue weighted by atomic mass is 9.84. The molecule has 5 atom stereocenters. The van der Waals surface area contributed by atoms with Crippen LogP contribution in [0.4, 0.5) is 0 Å². The molecule has 0 spiro atoms. The molecule has 2 saturated carbocycles. The highest BCUT2D eigenvalue weighted by Crippen LogP contribution is 2.48. The van der Waals surface area contributed by atoms with E-state index < -0.39 is 5.97 Å². The molecule has 0 aromatic rings. The molecule has 0 radical (unpaired) electrons. The first-order valence-electron chi connectivity index (χ1n) is 8.62. The highest BCUT2D eigenvalue weighted by atomic mass is 16.4. The zero-order valence-electron chi connectivity index (χ0n) is 13.1. The summed E-state index contributed by atoms with van der Waals surface area (Å²) in [5, 5.41) is 13.1. The molecule has 2 fully saturated rings. The van der Waals surface area contributed by atoms with Crippen LogP contribution >= 0.6 is 0 Å². The van der Waals surface area contributed by atoms with Crippen LogP contribution < -0.4 is 5.32 Å². The molecule has 2 aliphatic carbocycles. The Morgan fingerprint density at radius 1 is 1.20 bits per heavy atom. The number of fused-ring (bicyclic) bond motifs is 2. The molecule has 2 rings (SSSR count). The average Bonchev–Trinajstić information content (AvgIpc) is 2.99. The van der Waals surface area contributed by atoms with E-state index in [2.05, 4.69) is 19.2 Å². The molecular formula is C17H31NO2. The van der Waals surface area contributed by atoms with Crippen molar-refractivity contribution >= 4 is 5.97 Å². The quantitative estimate of drug-likeness (QED) is 0.632. The molecule has 0 aliphatic heterocycles. The predicted octanol–water partition coefficient (Wildman–Crippen LogP) is 3.82. The molecule has 0 saturated heterocycles. The molecule has 0 heterocycles. The Morgan fingerprint density at radius 3 is 2.60 bits per heavy atom. The van der Waals surface area contributed by atoms with Crippen molar-refractivity contribution in [3.8, 4) is 0 Å². The lowest BCUT2D eigenvalue weighted by Crippen LogP contribution is -2.47. The van der Waals surface area contributed by atoms with Gasteiger partial charge in [-0.2, -0.15) is 0 Å². The van der Waals surface area contributed by atoms with E-state index in [1.807, 2.05) is 0 Å². The van der Waals surface area contributed by atoms with Gasteiger partial charge in [-0.1, -0.05) is 39.0 Å². The van der Waals surface area contributed by atoms with E-state index in [0.29, 0.717) is 17.9 Å². The third kappa shape index (κ3) is 3.75. The van der Waals surface area contributed by atoms with Crippen molar-refractivity contribution in [2.45, 2.75) is 83.7 Å². The number of hydrogen-bond donors (Lipinski definition) is 2. The largest absolute Gasteiger partial charge is 0.481 e. The van der Waals surface area contributed by atoms with E-state index in [1.165, 1.54) is 44.9 Å². The Hall–Kier alpha value is -0.570. The maximum absolute atomic E-state index is 11.5. The molecule has 5 unspecified atom stereocenters. The fraction of sp³-hybridized carbons (Fsp3) is 0.941. The van der Waals surface area contributed by atoms with Crippen molar-refractivity contribution in [1.82, 2.24) is 5.32 Å². The SMILES string of the molecule is CCCCCCCC(C)NC1C2CCC(C2)C1C(=O)O. The average molecular weight is 281 g/mol. The Morgan fingerprint density at radius 2 is 1.90 bits per heavy atom. The van der Waals surface area contributed by atoms with Gasteiger partial charge in [0.25, 0.3) is 0 Å². The van der Waals surface area contributed by atoms with Crippen LogP contribution in [0.3, 0.4) is 0 Å². The van der Waals surface area contributed by atoms with Gasteiger partial charge in [0.2, 0.25) is 0 Å². The van der Waals surface area contributed by atoms with E-state index in [0.717, 1.165) is 12.8 Å². The van der Waals surface area contributed by atoms with Crippen molar-refractivity contribution < 1.29 is 9.90 Å². The molecule has 3 heteroatoms. The normalized spacial score (nSPS) is 33.5. The van der Waals surface area contributed by atoms with Crippen LogP contribution in [-0.2, 0) is 4.79 Å². The summed E-state index contributed by atoms with van der Waals surface area (Å²) in [6, 6.07) is 0.694. The van der Waals surface area contributed by atoms with Crippen molar-refractivity contribution in [3.63, 3.8) is 0 Å². The number of nitrogens with one attached hydrogen (secondary N) is 1. The summed E-state index contributed by atoms with van der Waals surface area (Å²) < 4.78 is 0. The van der Waals surface area contributed by atoms with E-state index in [4.69, 9.17) is 0 Å². The molecule has 2 aliphatic rings. The monoisotopic (exact) mass is 281 g/mol. The zero-order chi connectivity index (χ0) is 14.5. The van der Waals surface area contributed by atoms with E-state index in [-0.39, 0.29) is 12.0 Å². The standard InChI is InChI=1S/C17H31NO2/c1-3-4-5-6-7-8-12(2)18-16-14-10-9-13(11-14)15(16)17(19)20/h12-16,18H,3-11H2,1-2H3,(H,19,20). The Bertz CT molecular complexity index is 318. The second-order valence-corrected chi connectivity index (χ2v) is 6.99.